The first kappa shape index (κ1) is 13.5. The molecule has 0 aliphatic carbocycles. The Morgan fingerprint density at radius 1 is 1.00 bits per heavy atom. The predicted molar refractivity (Wildman–Crippen MR) is 54.4 cm³/mol. The number of terminal acetylenes is 1. The monoisotopic (exact) mass is 200 g/mol. The van der Waals surface area contributed by atoms with Crippen LogP contribution < -0.4 is 0 Å². The molecule has 0 aromatic carbocycles. The zero-order valence-corrected chi connectivity index (χ0v) is 8.23. The first-order chi connectivity index (χ1) is 6.06. The second-order valence-electron chi connectivity index (χ2n) is 3.61. The molecular formula is C7H14B2O5. The van der Waals surface area contributed by atoms with Crippen molar-refractivity contribution in [3.8, 4) is 12.3 Å². The molecule has 7 heteroatoms. The van der Waals surface area contributed by atoms with Crippen LogP contribution in [0.5, 0.6) is 0 Å². The van der Waals surface area contributed by atoms with E-state index < -0.39 is 17.0 Å². The molecule has 0 bridgehead atoms. The molecule has 0 amide bonds. The molecule has 0 rings (SSSR count). The second kappa shape index (κ2) is 3.93. The van der Waals surface area contributed by atoms with Crippen LogP contribution in [0, 0.1) is 12.3 Å². The maximum atomic E-state index is 9.72. The molecule has 0 atom stereocenters. The van der Waals surface area contributed by atoms with E-state index in [1.54, 1.807) is 0 Å². The van der Waals surface area contributed by atoms with Gasteiger partial charge in [-0.25, -0.2) is 0 Å². The third kappa shape index (κ3) is 2.50. The van der Waals surface area contributed by atoms with Gasteiger partial charge < -0.3 is 25.5 Å². The van der Waals surface area contributed by atoms with E-state index in [1.165, 1.54) is 0 Å². The molecule has 0 spiro atoms. The Morgan fingerprint density at radius 3 is 1.57 bits per heavy atom. The summed E-state index contributed by atoms with van der Waals surface area (Å²) in [6.45, 7) is 0. The van der Waals surface area contributed by atoms with E-state index >= 15 is 0 Å². The van der Waals surface area contributed by atoms with Crippen LogP contribution in [0.25, 0.3) is 0 Å². The van der Waals surface area contributed by atoms with Crippen molar-refractivity contribution in [3.05, 3.63) is 0 Å². The number of aliphatic hydroxyl groups is 5. The third-order valence-electron chi connectivity index (χ3n) is 2.20. The van der Waals surface area contributed by atoms with Crippen LogP contribution >= 0.6 is 0 Å². The van der Waals surface area contributed by atoms with Crippen LogP contribution in [0.3, 0.4) is 0 Å². The molecule has 0 aliphatic heterocycles. The topological polar surface area (TPSA) is 101 Å². The van der Waals surface area contributed by atoms with Gasteiger partial charge in [0.1, 0.15) is 0 Å². The Kier molecular flexibility index (Phi) is 3.78. The van der Waals surface area contributed by atoms with Gasteiger partial charge in [-0.3, -0.25) is 0 Å². The lowest BCUT2D eigenvalue weighted by Gasteiger charge is -2.44. The second-order valence-corrected chi connectivity index (χ2v) is 3.61. The van der Waals surface area contributed by atoms with Gasteiger partial charge in [-0.1, -0.05) is 0 Å². The van der Waals surface area contributed by atoms with Gasteiger partial charge >= 0.3 is 0 Å². The summed E-state index contributed by atoms with van der Waals surface area (Å²) in [5, 5.41) is 46.6. The summed E-state index contributed by atoms with van der Waals surface area (Å²) >= 11 is 0. The van der Waals surface area contributed by atoms with Gasteiger partial charge in [-0.05, 0) is 6.42 Å². The SMILES string of the molecule is BC(O)(O)C(O)(CCC#C)C(B)(O)O. The van der Waals surface area contributed by atoms with Crippen molar-refractivity contribution in [2.75, 3.05) is 0 Å². The Balaban J connectivity index is 4.99. The van der Waals surface area contributed by atoms with Crippen LogP contribution in [-0.4, -0.2) is 58.2 Å². The van der Waals surface area contributed by atoms with E-state index in [1.807, 2.05) is 0 Å². The van der Waals surface area contributed by atoms with Crippen molar-refractivity contribution < 1.29 is 25.5 Å². The molecule has 0 aromatic heterocycles. The first-order valence-electron chi connectivity index (χ1n) is 4.11. The van der Waals surface area contributed by atoms with Crippen LogP contribution in [0.1, 0.15) is 12.8 Å². The van der Waals surface area contributed by atoms with Gasteiger partial charge in [-0.15, -0.1) is 12.3 Å². The van der Waals surface area contributed by atoms with Gasteiger partial charge in [0.05, 0.1) is 0 Å². The molecule has 0 heterocycles. The fraction of sp³-hybridized carbons (Fsp3) is 0.714. The fourth-order valence-corrected chi connectivity index (χ4v) is 1.18. The van der Waals surface area contributed by atoms with E-state index in [4.69, 9.17) is 6.42 Å². The van der Waals surface area contributed by atoms with Crippen molar-refractivity contribution in [2.45, 2.75) is 29.8 Å². The van der Waals surface area contributed by atoms with Crippen molar-refractivity contribution >= 4 is 15.7 Å². The molecule has 5 nitrogen and oxygen atoms in total. The smallest absolute Gasteiger partial charge is 0.182 e. The summed E-state index contributed by atoms with van der Waals surface area (Å²) in [6.07, 6.45) is 4.59. The van der Waals surface area contributed by atoms with Gasteiger partial charge in [0, 0.05) is 6.42 Å². The highest BCUT2D eigenvalue weighted by molar-refractivity contribution is 6.18. The normalized spacial score (nSPS) is 13.7. The summed E-state index contributed by atoms with van der Waals surface area (Å²) in [4.78, 5) is 0. The van der Waals surface area contributed by atoms with Gasteiger partial charge in [0.2, 0.25) is 0 Å². The zero-order chi connectivity index (χ0) is 11.6. The highest BCUT2D eigenvalue weighted by Crippen LogP contribution is 2.30. The minimum absolute atomic E-state index is 0.01000. The third-order valence-corrected chi connectivity index (χ3v) is 2.20. The van der Waals surface area contributed by atoms with Gasteiger partial charge in [0.25, 0.3) is 0 Å². The minimum Gasteiger partial charge on any atom is -0.380 e. The van der Waals surface area contributed by atoms with Crippen molar-refractivity contribution in [2.24, 2.45) is 0 Å². The highest BCUT2D eigenvalue weighted by atomic mass is 16.6. The number of hydrogen-bond donors (Lipinski definition) is 5. The average Bonchev–Trinajstić information content (AvgIpc) is 1.95. The molecule has 5 N–H and O–H groups in total. The molecule has 0 saturated heterocycles. The quantitative estimate of drug-likeness (QED) is 0.179. The predicted octanol–water partition coefficient (Wildman–Crippen LogP) is -4.33. The van der Waals surface area contributed by atoms with E-state index in [-0.39, 0.29) is 12.8 Å². The van der Waals surface area contributed by atoms with Crippen molar-refractivity contribution in [3.63, 3.8) is 0 Å². The summed E-state index contributed by atoms with van der Waals surface area (Å²) in [6, 6.07) is 0. The summed E-state index contributed by atoms with van der Waals surface area (Å²) < 4.78 is 0. The molecule has 0 aliphatic rings. The summed E-state index contributed by atoms with van der Waals surface area (Å²) in [5.41, 5.74) is -7.80. The minimum atomic E-state index is -2.65. The first-order valence-corrected chi connectivity index (χ1v) is 4.11. The molecule has 0 fully saturated rings. The largest absolute Gasteiger partial charge is 0.380 e. The average molecular weight is 200 g/mol. The number of hydrogen-bond acceptors (Lipinski definition) is 5. The standard InChI is InChI=1S/C7H14B2O5/c1-2-3-4-5(10,6(8,11)12)7(9,13)14/h1,10-14H,3-4,8-9H2. The molecule has 0 radical (unpaired) electrons. The van der Waals surface area contributed by atoms with Crippen molar-refractivity contribution in [1.82, 2.24) is 0 Å². The molecule has 78 valence electrons. The van der Waals surface area contributed by atoms with E-state index in [9.17, 15) is 25.5 Å². The zero-order valence-electron chi connectivity index (χ0n) is 8.23. The van der Waals surface area contributed by atoms with Gasteiger partial charge in [0.15, 0.2) is 32.7 Å². The number of rotatable bonds is 4. The molecule has 14 heavy (non-hydrogen) atoms. The van der Waals surface area contributed by atoms with Crippen LogP contribution in [0.2, 0.25) is 0 Å². The lowest BCUT2D eigenvalue weighted by Crippen LogP contribution is -2.68. The molecular weight excluding hydrogens is 186 g/mol. The van der Waals surface area contributed by atoms with Crippen molar-refractivity contribution in [1.29, 1.82) is 0 Å². The lowest BCUT2D eigenvalue weighted by molar-refractivity contribution is -0.317. The van der Waals surface area contributed by atoms with E-state index in [0.29, 0.717) is 0 Å². The lowest BCUT2D eigenvalue weighted by atomic mass is 9.64. The summed E-state index contributed by atoms with van der Waals surface area (Å²) in [5.74, 6) is 2.16. The molecule has 0 unspecified atom stereocenters. The van der Waals surface area contributed by atoms with E-state index in [2.05, 4.69) is 5.92 Å². The maximum absolute atomic E-state index is 9.72. The van der Waals surface area contributed by atoms with Crippen LogP contribution in [0.4, 0.5) is 0 Å². The Labute approximate surface area is 84.2 Å². The molecule has 0 aromatic rings. The van der Waals surface area contributed by atoms with Crippen LogP contribution in [-0.2, 0) is 0 Å². The van der Waals surface area contributed by atoms with Gasteiger partial charge in [-0.2, -0.15) is 0 Å². The molecule has 0 saturated carbocycles. The maximum Gasteiger partial charge on any atom is 0.182 e. The highest BCUT2D eigenvalue weighted by Gasteiger charge is 2.55. The van der Waals surface area contributed by atoms with Crippen LogP contribution in [0.15, 0.2) is 0 Å². The Bertz CT molecular complexity index is 220. The Hall–Kier alpha value is -0.510. The van der Waals surface area contributed by atoms with E-state index in [0.717, 1.165) is 15.7 Å². The summed E-state index contributed by atoms with van der Waals surface area (Å²) in [7, 11) is 1.71. The fourth-order valence-electron chi connectivity index (χ4n) is 1.18. The Morgan fingerprint density at radius 2 is 1.36 bits per heavy atom.